The van der Waals surface area contributed by atoms with Crippen LogP contribution in [0, 0.1) is 0 Å². The third-order valence-corrected chi connectivity index (χ3v) is 7.04. The van der Waals surface area contributed by atoms with Gasteiger partial charge in [0.05, 0.1) is 0 Å². The Labute approximate surface area is 139 Å². The van der Waals surface area contributed by atoms with Crippen LogP contribution < -0.4 is 4.90 Å². The van der Waals surface area contributed by atoms with Gasteiger partial charge < -0.3 is 0 Å². The van der Waals surface area contributed by atoms with Crippen molar-refractivity contribution in [2.45, 2.75) is 37.8 Å². The summed E-state index contributed by atoms with van der Waals surface area (Å²) in [5, 5.41) is 5.39. The molecule has 3 aromatic heterocycles. The second-order valence-corrected chi connectivity index (χ2v) is 8.57. The van der Waals surface area contributed by atoms with Gasteiger partial charge in [0, 0.05) is 0 Å². The van der Waals surface area contributed by atoms with E-state index in [1.165, 1.54) is 34.6 Å². The zero-order valence-corrected chi connectivity index (χ0v) is 15.1. The Hall–Kier alpha value is -1.11. The Morgan fingerprint density at radius 3 is 2.95 bits per heavy atom. The molecular formula is C14H18N6SSe. The Morgan fingerprint density at radius 2 is 2.14 bits per heavy atom. The average molecular weight is 381 g/mol. The predicted octanol–water partition coefficient (Wildman–Crippen LogP) is 2.22. The molecule has 0 aromatic carbocycles. The SMILES string of the molecule is CCCCSc1nc2c3[se]c(N4CCCC4)nc3ncn2n1. The molecule has 116 valence electrons. The summed E-state index contributed by atoms with van der Waals surface area (Å²) in [5.74, 6) is 1.07. The van der Waals surface area contributed by atoms with Gasteiger partial charge >= 0.3 is 139 Å². The number of rotatable bonds is 5. The molecule has 0 amide bonds. The van der Waals surface area contributed by atoms with Crippen molar-refractivity contribution >= 4 is 46.5 Å². The van der Waals surface area contributed by atoms with E-state index in [0.717, 1.165) is 35.3 Å². The summed E-state index contributed by atoms with van der Waals surface area (Å²) < 4.78 is 4.22. The molecule has 0 spiro atoms. The van der Waals surface area contributed by atoms with Crippen LogP contribution in [0.1, 0.15) is 32.6 Å². The number of hydrogen-bond acceptors (Lipinski definition) is 6. The van der Waals surface area contributed by atoms with Crippen LogP contribution >= 0.6 is 11.8 Å². The van der Waals surface area contributed by atoms with Crippen molar-refractivity contribution in [3.05, 3.63) is 6.33 Å². The van der Waals surface area contributed by atoms with Gasteiger partial charge in [-0.1, -0.05) is 0 Å². The molecule has 1 fully saturated rings. The molecule has 0 unspecified atom stereocenters. The molecular weight excluding hydrogens is 363 g/mol. The van der Waals surface area contributed by atoms with Crippen LogP contribution in [-0.2, 0) is 0 Å². The summed E-state index contributed by atoms with van der Waals surface area (Å²) in [5.41, 5.74) is 1.80. The van der Waals surface area contributed by atoms with E-state index < -0.39 is 0 Å². The monoisotopic (exact) mass is 382 g/mol. The average Bonchev–Trinajstić information content (AvgIpc) is 3.24. The van der Waals surface area contributed by atoms with Crippen LogP contribution in [-0.4, -0.2) is 57.9 Å². The fourth-order valence-electron chi connectivity index (χ4n) is 2.60. The van der Waals surface area contributed by atoms with Crippen molar-refractivity contribution in [1.82, 2.24) is 24.6 Å². The summed E-state index contributed by atoms with van der Waals surface area (Å²) in [7, 11) is 0. The second kappa shape index (κ2) is 6.18. The maximum atomic E-state index is 4.74. The minimum absolute atomic E-state index is 0.202. The van der Waals surface area contributed by atoms with Gasteiger partial charge in [0.2, 0.25) is 0 Å². The number of unbranched alkanes of at least 4 members (excludes halogenated alkanes) is 1. The number of aromatic nitrogens is 5. The molecule has 0 radical (unpaired) electrons. The van der Waals surface area contributed by atoms with Crippen molar-refractivity contribution in [1.29, 1.82) is 0 Å². The first kappa shape index (κ1) is 14.5. The first-order valence-electron chi connectivity index (χ1n) is 7.75. The number of thioether (sulfide) groups is 1. The molecule has 0 bridgehead atoms. The van der Waals surface area contributed by atoms with Crippen LogP contribution in [0.5, 0.6) is 0 Å². The van der Waals surface area contributed by atoms with Crippen LogP contribution in [0.3, 0.4) is 0 Å². The van der Waals surface area contributed by atoms with Crippen molar-refractivity contribution in [3.8, 4) is 0 Å². The van der Waals surface area contributed by atoms with Crippen LogP contribution in [0.25, 0.3) is 15.6 Å². The van der Waals surface area contributed by atoms with Gasteiger partial charge in [0.25, 0.3) is 0 Å². The molecule has 6 nitrogen and oxygen atoms in total. The summed E-state index contributed by atoms with van der Waals surface area (Å²) in [6.07, 6.45) is 6.70. The molecule has 1 aliphatic heterocycles. The molecule has 1 aliphatic rings. The second-order valence-electron chi connectivity index (χ2n) is 5.45. The predicted molar refractivity (Wildman–Crippen MR) is 90.1 cm³/mol. The standard InChI is InChI=1S/C14H18N6SSe/c1-2-3-8-21-13-17-12-10-11(15-9-20(12)18-13)16-14(22-10)19-6-4-5-7-19/h9H,2-8H2,1H3. The van der Waals surface area contributed by atoms with Gasteiger partial charge in [-0.2, -0.15) is 0 Å². The van der Waals surface area contributed by atoms with Crippen LogP contribution in [0.15, 0.2) is 11.5 Å². The first-order chi connectivity index (χ1) is 10.8. The molecule has 22 heavy (non-hydrogen) atoms. The third-order valence-electron chi connectivity index (χ3n) is 3.81. The van der Waals surface area contributed by atoms with E-state index in [1.807, 2.05) is 4.52 Å². The van der Waals surface area contributed by atoms with Crippen molar-refractivity contribution in [2.24, 2.45) is 0 Å². The van der Waals surface area contributed by atoms with Gasteiger partial charge in [-0.25, -0.2) is 0 Å². The van der Waals surface area contributed by atoms with Gasteiger partial charge in [-0.3, -0.25) is 0 Å². The van der Waals surface area contributed by atoms with E-state index >= 15 is 0 Å². The molecule has 0 atom stereocenters. The van der Waals surface area contributed by atoms with E-state index in [1.54, 1.807) is 18.1 Å². The topological polar surface area (TPSA) is 59.2 Å². The number of fused-ring (bicyclic) bond motifs is 3. The Balaban J connectivity index is 1.70. The molecule has 8 heteroatoms. The Kier molecular flexibility index (Phi) is 4.07. The van der Waals surface area contributed by atoms with E-state index in [-0.39, 0.29) is 14.5 Å². The van der Waals surface area contributed by atoms with Gasteiger partial charge in [0.1, 0.15) is 0 Å². The summed E-state index contributed by atoms with van der Waals surface area (Å²) in [4.78, 5) is 16.3. The number of nitrogens with zero attached hydrogens (tertiary/aromatic N) is 6. The van der Waals surface area contributed by atoms with E-state index in [0.29, 0.717) is 0 Å². The van der Waals surface area contributed by atoms with Gasteiger partial charge in [-0.05, 0) is 0 Å². The molecule has 0 N–H and O–H groups in total. The first-order valence-corrected chi connectivity index (χ1v) is 10.4. The van der Waals surface area contributed by atoms with Crippen LogP contribution in [0.4, 0.5) is 4.69 Å². The minimum atomic E-state index is 0.202. The normalized spacial score (nSPS) is 15.4. The molecule has 0 saturated carbocycles. The van der Waals surface area contributed by atoms with E-state index in [2.05, 4.69) is 21.9 Å². The Bertz CT molecular complexity index is 791. The van der Waals surface area contributed by atoms with Gasteiger partial charge in [-0.15, -0.1) is 0 Å². The van der Waals surface area contributed by atoms with Crippen molar-refractivity contribution in [3.63, 3.8) is 0 Å². The van der Waals surface area contributed by atoms with E-state index in [9.17, 15) is 0 Å². The summed E-state index contributed by atoms with van der Waals surface area (Å²) in [6.45, 7) is 4.47. The molecule has 4 heterocycles. The zero-order chi connectivity index (χ0) is 14.9. The van der Waals surface area contributed by atoms with Crippen molar-refractivity contribution < 1.29 is 0 Å². The van der Waals surface area contributed by atoms with E-state index in [4.69, 9.17) is 9.97 Å². The summed E-state index contributed by atoms with van der Waals surface area (Å²) >= 11 is 1.93. The van der Waals surface area contributed by atoms with Crippen molar-refractivity contribution in [2.75, 3.05) is 23.7 Å². The number of anilines is 1. The summed E-state index contributed by atoms with van der Waals surface area (Å²) in [6, 6.07) is 0. The molecule has 1 saturated heterocycles. The number of hydrogen-bond donors (Lipinski definition) is 0. The molecule has 0 aliphatic carbocycles. The Morgan fingerprint density at radius 1 is 1.27 bits per heavy atom. The molecule has 3 aromatic rings. The van der Waals surface area contributed by atoms with Gasteiger partial charge in [0.15, 0.2) is 0 Å². The molecule has 4 rings (SSSR count). The zero-order valence-electron chi connectivity index (χ0n) is 12.5. The quantitative estimate of drug-likeness (QED) is 0.384. The van der Waals surface area contributed by atoms with Crippen LogP contribution in [0.2, 0.25) is 0 Å². The third kappa shape index (κ3) is 2.64. The maximum absolute atomic E-state index is 4.74. The fourth-order valence-corrected chi connectivity index (χ4v) is 5.70. The fraction of sp³-hybridized carbons (Fsp3) is 0.571.